The molecule has 1 saturated heterocycles. The molecule has 1 aliphatic heterocycles. The van der Waals surface area contributed by atoms with E-state index in [1.807, 2.05) is 20.8 Å². The maximum absolute atomic E-state index is 12.4. The topological polar surface area (TPSA) is 59.0 Å². The number of rotatable bonds is 3. The zero-order chi connectivity index (χ0) is 20.0. The molecule has 1 heterocycles. The Morgan fingerprint density at radius 3 is 2.19 bits per heavy atom. The predicted octanol–water partition coefficient (Wildman–Crippen LogP) is 4.55. The molecule has 0 aromatic carbocycles. The van der Waals surface area contributed by atoms with E-state index in [2.05, 4.69) is 33.9 Å². The van der Waals surface area contributed by atoms with E-state index < -0.39 is 13.9 Å². The number of hydrogen-bond donors (Lipinski definition) is 1. The lowest BCUT2D eigenvalue weighted by atomic mass is 9.60. The molecular formula is C20H39NO4Si. The minimum atomic E-state index is -1.74. The van der Waals surface area contributed by atoms with Gasteiger partial charge in [-0.25, -0.2) is 4.79 Å². The quantitative estimate of drug-likeness (QED) is 0.724. The van der Waals surface area contributed by atoms with Gasteiger partial charge in [0.15, 0.2) is 8.32 Å². The van der Waals surface area contributed by atoms with E-state index in [0.29, 0.717) is 12.6 Å². The van der Waals surface area contributed by atoms with Crippen molar-refractivity contribution in [2.75, 3.05) is 13.2 Å². The number of hydrogen-bond acceptors (Lipinski definition) is 4. The summed E-state index contributed by atoms with van der Waals surface area (Å²) < 4.78 is 12.1. The number of aliphatic hydroxyl groups is 1. The summed E-state index contributed by atoms with van der Waals surface area (Å²) in [6.07, 6.45) is 3.96. The molecule has 5 nitrogen and oxygen atoms in total. The van der Waals surface area contributed by atoms with Gasteiger partial charge in [-0.05, 0) is 70.0 Å². The standard InChI is InChI=1S/C20H39NO4Si/c1-18(2,3)24-17(23)21-10-9-20(11-15(21)14-22)12-16(13-20)25-26(7,8)19(4,5)6/h15-16,22H,9-14H2,1-8H3. The molecule has 1 N–H and O–H groups in total. The van der Waals surface area contributed by atoms with Crippen molar-refractivity contribution in [3.05, 3.63) is 0 Å². The van der Waals surface area contributed by atoms with E-state index in [0.717, 1.165) is 25.7 Å². The number of nitrogens with zero attached hydrogens (tertiary/aromatic N) is 1. The smallest absolute Gasteiger partial charge is 0.410 e. The van der Waals surface area contributed by atoms with Gasteiger partial charge in [-0.2, -0.15) is 0 Å². The Morgan fingerprint density at radius 1 is 1.15 bits per heavy atom. The number of carbonyl (C=O) groups excluding carboxylic acids is 1. The van der Waals surface area contributed by atoms with Crippen LogP contribution in [0.4, 0.5) is 4.79 Å². The molecule has 1 unspecified atom stereocenters. The van der Waals surface area contributed by atoms with Crippen LogP contribution in [-0.4, -0.2) is 55.3 Å². The number of likely N-dealkylation sites (tertiary alicyclic amines) is 1. The summed E-state index contributed by atoms with van der Waals surface area (Å²) in [6.45, 7) is 17.7. The second-order valence-corrected chi connectivity index (χ2v) is 15.6. The highest BCUT2D eigenvalue weighted by Gasteiger charge is 2.52. The predicted molar refractivity (Wildman–Crippen MR) is 107 cm³/mol. The lowest BCUT2D eigenvalue weighted by molar-refractivity contribution is -0.0871. The van der Waals surface area contributed by atoms with Crippen molar-refractivity contribution in [1.82, 2.24) is 4.90 Å². The van der Waals surface area contributed by atoms with Gasteiger partial charge in [0.1, 0.15) is 5.60 Å². The van der Waals surface area contributed by atoms with E-state index in [4.69, 9.17) is 9.16 Å². The van der Waals surface area contributed by atoms with Crippen LogP contribution < -0.4 is 0 Å². The molecule has 0 radical (unpaired) electrons. The van der Waals surface area contributed by atoms with Crippen molar-refractivity contribution in [2.24, 2.45) is 5.41 Å². The van der Waals surface area contributed by atoms with Gasteiger partial charge in [0, 0.05) is 12.6 Å². The van der Waals surface area contributed by atoms with Gasteiger partial charge in [0.25, 0.3) is 0 Å². The molecule has 0 bridgehead atoms. The van der Waals surface area contributed by atoms with Crippen LogP contribution in [0.15, 0.2) is 0 Å². The highest BCUT2D eigenvalue weighted by Crippen LogP contribution is 2.53. The highest BCUT2D eigenvalue weighted by molar-refractivity contribution is 6.74. The first-order valence-corrected chi connectivity index (χ1v) is 12.9. The molecule has 0 aromatic heterocycles. The Balaban J connectivity index is 1.93. The Bertz CT molecular complexity index is 515. The summed E-state index contributed by atoms with van der Waals surface area (Å²) in [5.74, 6) is 0. The van der Waals surface area contributed by atoms with E-state index in [1.165, 1.54) is 0 Å². The molecule has 2 rings (SSSR count). The van der Waals surface area contributed by atoms with Crippen molar-refractivity contribution in [2.45, 2.75) is 103 Å². The second kappa shape index (κ2) is 7.10. The van der Waals surface area contributed by atoms with Crippen molar-refractivity contribution >= 4 is 14.4 Å². The number of piperidine rings is 1. The number of ether oxygens (including phenoxy) is 1. The summed E-state index contributed by atoms with van der Waals surface area (Å²) in [7, 11) is -1.74. The van der Waals surface area contributed by atoms with Crippen LogP contribution >= 0.6 is 0 Å². The first kappa shape index (κ1) is 21.7. The summed E-state index contributed by atoms with van der Waals surface area (Å²) in [5, 5.41) is 10.1. The van der Waals surface area contributed by atoms with E-state index >= 15 is 0 Å². The zero-order valence-electron chi connectivity index (χ0n) is 18.0. The lowest BCUT2D eigenvalue weighted by Crippen LogP contribution is -2.58. The monoisotopic (exact) mass is 385 g/mol. The summed E-state index contributed by atoms with van der Waals surface area (Å²) in [4.78, 5) is 14.2. The largest absolute Gasteiger partial charge is 0.444 e. The first-order chi connectivity index (χ1) is 11.7. The van der Waals surface area contributed by atoms with Crippen molar-refractivity contribution in [3.63, 3.8) is 0 Å². The van der Waals surface area contributed by atoms with Crippen LogP contribution in [0.5, 0.6) is 0 Å². The Hall–Kier alpha value is -0.593. The molecule has 6 heteroatoms. The third kappa shape index (κ3) is 4.81. The van der Waals surface area contributed by atoms with Gasteiger partial charge in [-0.1, -0.05) is 20.8 Å². The molecule has 1 aliphatic carbocycles. The van der Waals surface area contributed by atoms with Gasteiger partial charge in [0.05, 0.1) is 12.6 Å². The van der Waals surface area contributed by atoms with Crippen LogP contribution in [0.25, 0.3) is 0 Å². The molecule has 1 saturated carbocycles. The van der Waals surface area contributed by atoms with E-state index in [9.17, 15) is 9.90 Å². The van der Waals surface area contributed by atoms with Crippen LogP contribution in [0, 0.1) is 5.41 Å². The molecule has 152 valence electrons. The number of carbonyl (C=O) groups is 1. The van der Waals surface area contributed by atoms with Crippen LogP contribution in [-0.2, 0) is 9.16 Å². The van der Waals surface area contributed by atoms with Gasteiger partial charge in [0.2, 0.25) is 0 Å². The van der Waals surface area contributed by atoms with E-state index in [1.54, 1.807) is 4.90 Å². The molecule has 1 amide bonds. The molecule has 1 atom stereocenters. The Labute approximate surface area is 160 Å². The number of aliphatic hydroxyl groups excluding tert-OH is 1. The fraction of sp³-hybridized carbons (Fsp3) is 0.950. The lowest BCUT2D eigenvalue weighted by Gasteiger charge is -2.56. The zero-order valence-corrected chi connectivity index (χ0v) is 19.0. The van der Waals surface area contributed by atoms with Crippen molar-refractivity contribution < 1.29 is 19.1 Å². The molecule has 1 spiro atoms. The minimum absolute atomic E-state index is 0.00521. The fourth-order valence-electron chi connectivity index (χ4n) is 3.93. The van der Waals surface area contributed by atoms with Gasteiger partial charge < -0.3 is 19.2 Å². The SMILES string of the molecule is CC(C)(C)OC(=O)N1CCC2(CC(O[Si](C)(C)C(C)(C)C)C2)CC1CO. The van der Waals surface area contributed by atoms with Crippen LogP contribution in [0.1, 0.15) is 67.2 Å². The average Bonchev–Trinajstić information content (AvgIpc) is 2.41. The van der Waals surface area contributed by atoms with Gasteiger partial charge in [-0.15, -0.1) is 0 Å². The normalized spacial score (nSPS) is 30.3. The van der Waals surface area contributed by atoms with Crippen LogP contribution in [0.2, 0.25) is 18.1 Å². The first-order valence-electron chi connectivity index (χ1n) is 9.96. The second-order valence-electron chi connectivity index (χ2n) is 10.9. The molecule has 0 aromatic rings. The Kier molecular flexibility index (Phi) is 5.92. The van der Waals surface area contributed by atoms with Crippen molar-refractivity contribution in [3.8, 4) is 0 Å². The van der Waals surface area contributed by atoms with E-state index in [-0.39, 0.29) is 29.2 Å². The maximum Gasteiger partial charge on any atom is 0.410 e. The third-order valence-corrected chi connectivity index (χ3v) is 11.0. The van der Waals surface area contributed by atoms with Gasteiger partial charge in [-0.3, -0.25) is 0 Å². The fourth-order valence-corrected chi connectivity index (χ4v) is 5.28. The Morgan fingerprint density at radius 2 is 1.73 bits per heavy atom. The molecule has 26 heavy (non-hydrogen) atoms. The third-order valence-electron chi connectivity index (χ3n) is 6.42. The number of amides is 1. The molecule has 2 fully saturated rings. The summed E-state index contributed by atoms with van der Waals surface area (Å²) in [5.41, 5.74) is -0.288. The average molecular weight is 386 g/mol. The minimum Gasteiger partial charge on any atom is -0.444 e. The molecular weight excluding hydrogens is 346 g/mol. The molecule has 2 aliphatic rings. The van der Waals surface area contributed by atoms with Crippen LogP contribution in [0.3, 0.4) is 0 Å². The highest BCUT2D eigenvalue weighted by atomic mass is 28.4. The maximum atomic E-state index is 12.4. The van der Waals surface area contributed by atoms with Crippen molar-refractivity contribution in [1.29, 1.82) is 0 Å². The summed E-state index contributed by atoms with van der Waals surface area (Å²) in [6, 6.07) is -0.146. The van der Waals surface area contributed by atoms with Gasteiger partial charge >= 0.3 is 6.09 Å². The summed E-state index contributed by atoms with van der Waals surface area (Å²) >= 11 is 0.